The van der Waals surface area contributed by atoms with E-state index in [1.807, 2.05) is 60.7 Å². The monoisotopic (exact) mass is 427 g/mol. The van der Waals surface area contributed by atoms with Gasteiger partial charge in [-0.05, 0) is 50.2 Å². The zero-order valence-corrected chi connectivity index (χ0v) is 18.1. The lowest BCUT2D eigenvalue weighted by molar-refractivity contribution is -0.00546. The predicted octanol–water partition coefficient (Wildman–Crippen LogP) is 4.49. The van der Waals surface area contributed by atoms with Crippen molar-refractivity contribution in [2.75, 3.05) is 23.3 Å². The highest BCUT2D eigenvalue weighted by atomic mass is 16.5. The van der Waals surface area contributed by atoms with E-state index in [1.54, 1.807) is 6.20 Å². The molecule has 1 aliphatic rings. The molecular weight excluding hydrogens is 402 g/mol. The molecule has 7 nitrogen and oxygen atoms in total. The Balaban J connectivity index is 1.35. The number of para-hydroxylation sites is 3. The van der Waals surface area contributed by atoms with E-state index < -0.39 is 0 Å². The van der Waals surface area contributed by atoms with Crippen molar-refractivity contribution >= 4 is 28.4 Å². The number of aromatic nitrogens is 3. The van der Waals surface area contributed by atoms with E-state index in [4.69, 9.17) is 4.74 Å². The summed E-state index contributed by atoms with van der Waals surface area (Å²) < 4.78 is 5.79. The van der Waals surface area contributed by atoms with Crippen molar-refractivity contribution in [1.29, 1.82) is 0 Å². The number of rotatable bonds is 4. The quantitative estimate of drug-likeness (QED) is 0.501. The third-order valence-corrected chi connectivity index (χ3v) is 5.57. The molecule has 2 unspecified atom stereocenters. The number of aromatic amines is 1. The fourth-order valence-electron chi connectivity index (χ4n) is 4.15. The summed E-state index contributed by atoms with van der Waals surface area (Å²) in [6.45, 7) is 5.69. The van der Waals surface area contributed by atoms with Crippen molar-refractivity contribution in [2.45, 2.75) is 26.1 Å². The van der Waals surface area contributed by atoms with E-state index >= 15 is 0 Å². The fourth-order valence-corrected chi connectivity index (χ4v) is 4.15. The normalized spacial score (nSPS) is 18.6. The zero-order valence-electron chi connectivity index (χ0n) is 18.1. The third-order valence-electron chi connectivity index (χ3n) is 5.57. The van der Waals surface area contributed by atoms with Gasteiger partial charge in [0.05, 0.1) is 34.5 Å². The number of hydrogen-bond acceptors (Lipinski definition) is 5. The first kappa shape index (κ1) is 20.2. The molecule has 1 aliphatic heterocycles. The summed E-state index contributed by atoms with van der Waals surface area (Å²) in [5.41, 5.74) is 3.86. The highest BCUT2D eigenvalue weighted by Gasteiger charge is 2.23. The average Bonchev–Trinajstić information content (AvgIpc) is 3.23. The van der Waals surface area contributed by atoms with Crippen LogP contribution in [0.4, 0.5) is 11.5 Å². The number of imidazole rings is 1. The summed E-state index contributed by atoms with van der Waals surface area (Å²) in [4.78, 5) is 27.7. The van der Waals surface area contributed by atoms with Gasteiger partial charge < -0.3 is 19.9 Å². The van der Waals surface area contributed by atoms with E-state index in [0.717, 1.165) is 35.5 Å². The molecule has 2 atom stereocenters. The Labute approximate surface area is 186 Å². The van der Waals surface area contributed by atoms with Gasteiger partial charge in [-0.25, -0.2) is 9.97 Å². The number of morpholine rings is 1. The van der Waals surface area contributed by atoms with Crippen LogP contribution in [0.5, 0.6) is 0 Å². The molecule has 2 aromatic carbocycles. The molecule has 1 amide bonds. The van der Waals surface area contributed by atoms with Crippen LogP contribution in [0.2, 0.25) is 0 Å². The molecule has 162 valence electrons. The van der Waals surface area contributed by atoms with Gasteiger partial charge in [0.1, 0.15) is 11.6 Å². The zero-order chi connectivity index (χ0) is 22.1. The van der Waals surface area contributed by atoms with Crippen molar-refractivity contribution in [2.24, 2.45) is 0 Å². The van der Waals surface area contributed by atoms with Crippen LogP contribution in [0.3, 0.4) is 0 Å². The van der Waals surface area contributed by atoms with Gasteiger partial charge in [-0.1, -0.05) is 24.3 Å². The van der Waals surface area contributed by atoms with Crippen LogP contribution in [0.15, 0.2) is 66.9 Å². The van der Waals surface area contributed by atoms with Gasteiger partial charge in [-0.3, -0.25) is 4.79 Å². The SMILES string of the molecule is CC1CN(c2ccc(C(=O)Nc3ccccc3-c3nc4ccccc4[nH]3)cn2)CC(C)O1. The summed E-state index contributed by atoms with van der Waals surface area (Å²) in [6, 6.07) is 19.2. The van der Waals surface area contributed by atoms with E-state index in [1.165, 1.54) is 0 Å². The van der Waals surface area contributed by atoms with Gasteiger partial charge in [-0.2, -0.15) is 0 Å². The largest absolute Gasteiger partial charge is 0.372 e. The molecule has 1 saturated heterocycles. The molecule has 0 aliphatic carbocycles. The number of nitrogens with zero attached hydrogens (tertiary/aromatic N) is 3. The Bertz CT molecular complexity index is 1210. The minimum atomic E-state index is -0.212. The van der Waals surface area contributed by atoms with E-state index in [0.29, 0.717) is 17.1 Å². The van der Waals surface area contributed by atoms with Gasteiger partial charge in [0.2, 0.25) is 0 Å². The number of ether oxygens (including phenoxy) is 1. The standard InChI is InChI=1S/C25H25N5O2/c1-16-14-30(15-17(2)32-16)23-12-11-18(13-26-23)25(31)29-20-8-4-3-7-19(20)24-27-21-9-5-6-10-22(21)28-24/h3-13,16-17H,14-15H2,1-2H3,(H,27,28)(H,29,31). The number of fused-ring (bicyclic) bond motifs is 1. The van der Waals surface area contributed by atoms with Crippen molar-refractivity contribution in [3.63, 3.8) is 0 Å². The molecule has 0 bridgehead atoms. The second-order valence-corrected chi connectivity index (χ2v) is 8.17. The maximum Gasteiger partial charge on any atom is 0.257 e. The van der Waals surface area contributed by atoms with E-state index in [2.05, 4.69) is 39.0 Å². The second-order valence-electron chi connectivity index (χ2n) is 8.17. The van der Waals surface area contributed by atoms with Crippen LogP contribution < -0.4 is 10.2 Å². The van der Waals surface area contributed by atoms with Gasteiger partial charge in [0, 0.05) is 24.8 Å². The van der Waals surface area contributed by atoms with Crippen molar-refractivity contribution in [3.05, 3.63) is 72.4 Å². The predicted molar refractivity (Wildman–Crippen MR) is 126 cm³/mol. The number of pyridine rings is 1. The van der Waals surface area contributed by atoms with Gasteiger partial charge in [0.15, 0.2) is 0 Å². The van der Waals surface area contributed by atoms with Crippen LogP contribution in [0, 0.1) is 0 Å². The molecule has 2 N–H and O–H groups in total. The molecule has 0 spiro atoms. The van der Waals surface area contributed by atoms with Gasteiger partial charge in [-0.15, -0.1) is 0 Å². The molecule has 2 aromatic heterocycles. The maximum atomic E-state index is 12.9. The van der Waals surface area contributed by atoms with Crippen LogP contribution in [0.25, 0.3) is 22.4 Å². The number of amides is 1. The number of H-pyrrole nitrogens is 1. The topological polar surface area (TPSA) is 83.1 Å². The first-order chi connectivity index (χ1) is 15.6. The summed E-state index contributed by atoms with van der Waals surface area (Å²) in [6.07, 6.45) is 1.93. The Morgan fingerprint density at radius 3 is 2.53 bits per heavy atom. The molecule has 0 saturated carbocycles. The van der Waals surface area contributed by atoms with Crippen molar-refractivity contribution in [3.8, 4) is 11.4 Å². The fraction of sp³-hybridized carbons (Fsp3) is 0.240. The van der Waals surface area contributed by atoms with Crippen LogP contribution in [-0.4, -0.2) is 46.2 Å². The minimum Gasteiger partial charge on any atom is -0.372 e. The molecule has 1 fully saturated rings. The number of hydrogen-bond donors (Lipinski definition) is 2. The van der Waals surface area contributed by atoms with Crippen molar-refractivity contribution < 1.29 is 9.53 Å². The summed E-state index contributed by atoms with van der Waals surface area (Å²) >= 11 is 0. The van der Waals surface area contributed by atoms with Gasteiger partial charge >= 0.3 is 0 Å². The number of carbonyl (C=O) groups excluding carboxylic acids is 1. The second kappa shape index (κ2) is 8.43. The molecule has 32 heavy (non-hydrogen) atoms. The highest BCUT2D eigenvalue weighted by Crippen LogP contribution is 2.28. The van der Waals surface area contributed by atoms with Crippen LogP contribution in [-0.2, 0) is 4.74 Å². The Kier molecular flexibility index (Phi) is 5.33. The minimum absolute atomic E-state index is 0.151. The van der Waals surface area contributed by atoms with Crippen molar-refractivity contribution in [1.82, 2.24) is 15.0 Å². The lowest BCUT2D eigenvalue weighted by atomic mass is 10.1. The number of nitrogens with one attached hydrogen (secondary N) is 2. The molecule has 5 rings (SSSR count). The Morgan fingerprint density at radius 1 is 1.03 bits per heavy atom. The van der Waals surface area contributed by atoms with Crippen LogP contribution >= 0.6 is 0 Å². The molecule has 4 aromatic rings. The number of anilines is 2. The molecule has 7 heteroatoms. The summed E-state index contributed by atoms with van der Waals surface area (Å²) in [5, 5.41) is 3.01. The van der Waals surface area contributed by atoms with E-state index in [-0.39, 0.29) is 18.1 Å². The number of benzene rings is 2. The smallest absolute Gasteiger partial charge is 0.257 e. The highest BCUT2D eigenvalue weighted by molar-refractivity contribution is 6.06. The maximum absolute atomic E-state index is 12.9. The van der Waals surface area contributed by atoms with E-state index in [9.17, 15) is 4.79 Å². The molecule has 0 radical (unpaired) electrons. The molecule has 3 heterocycles. The molecular formula is C25H25N5O2. The lowest BCUT2D eigenvalue weighted by Gasteiger charge is -2.36. The lowest BCUT2D eigenvalue weighted by Crippen LogP contribution is -2.45. The summed E-state index contributed by atoms with van der Waals surface area (Å²) in [7, 11) is 0. The first-order valence-corrected chi connectivity index (χ1v) is 10.8. The average molecular weight is 428 g/mol. The summed E-state index contributed by atoms with van der Waals surface area (Å²) in [5.74, 6) is 1.36. The first-order valence-electron chi connectivity index (χ1n) is 10.8. The van der Waals surface area contributed by atoms with Gasteiger partial charge in [0.25, 0.3) is 5.91 Å². The Hall–Kier alpha value is -3.71. The number of carbonyl (C=O) groups is 1. The third kappa shape index (κ3) is 4.07. The van der Waals surface area contributed by atoms with Crippen LogP contribution in [0.1, 0.15) is 24.2 Å². The Morgan fingerprint density at radius 2 is 1.78 bits per heavy atom.